The van der Waals surface area contributed by atoms with E-state index in [0.717, 1.165) is 11.1 Å². The number of rotatable bonds is 10. The molecule has 1 amide bonds. The van der Waals surface area contributed by atoms with Crippen LogP contribution in [-0.2, 0) is 16.1 Å². The molecule has 0 aliphatic heterocycles. The molecule has 3 rings (SSSR count). The number of nitriles is 1. The summed E-state index contributed by atoms with van der Waals surface area (Å²) >= 11 is 6.17. The topological polar surface area (TPSA) is 111 Å². The molecular formula is C27H25ClN2O6. The molecule has 0 spiro atoms. The first-order valence-corrected chi connectivity index (χ1v) is 11.5. The number of nitrogens with zero attached hydrogens (tertiary/aromatic N) is 1. The Labute approximate surface area is 214 Å². The van der Waals surface area contributed by atoms with Gasteiger partial charge in [-0.05, 0) is 79.9 Å². The van der Waals surface area contributed by atoms with E-state index in [1.54, 1.807) is 43.3 Å². The molecule has 186 valence electrons. The average molecular weight is 509 g/mol. The van der Waals surface area contributed by atoms with Crippen LogP contribution in [0.5, 0.6) is 17.2 Å². The Bertz CT molecular complexity index is 1290. The van der Waals surface area contributed by atoms with Crippen molar-refractivity contribution >= 4 is 29.6 Å². The summed E-state index contributed by atoms with van der Waals surface area (Å²) in [6, 6.07) is 13.5. The molecule has 1 N–H and O–H groups in total. The van der Waals surface area contributed by atoms with Gasteiger partial charge in [0.2, 0.25) is 0 Å². The first-order valence-electron chi connectivity index (χ1n) is 11.1. The lowest BCUT2D eigenvalue weighted by molar-refractivity contribution is -0.136. The molecule has 9 heteroatoms. The van der Waals surface area contributed by atoms with E-state index in [4.69, 9.17) is 30.2 Å². The molecule has 1 aromatic heterocycles. The highest BCUT2D eigenvalue weighted by atomic mass is 35.5. The Kier molecular flexibility index (Phi) is 9.14. The van der Waals surface area contributed by atoms with Crippen molar-refractivity contribution in [2.45, 2.75) is 27.3 Å². The van der Waals surface area contributed by atoms with Gasteiger partial charge in [0.05, 0.1) is 19.4 Å². The second kappa shape index (κ2) is 12.5. The number of ether oxygens (including phenoxy) is 3. The number of esters is 1. The SMILES string of the molecule is CCOc1cc(/C=C(\C#N)C(=O)NCc2ccco2)ccc1OC(=O)COc1cc(C)c(Cl)c(C)c1. The van der Waals surface area contributed by atoms with Crippen LogP contribution in [0.2, 0.25) is 5.02 Å². The fourth-order valence-electron chi connectivity index (χ4n) is 3.24. The number of amides is 1. The highest BCUT2D eigenvalue weighted by molar-refractivity contribution is 6.32. The Balaban J connectivity index is 1.68. The summed E-state index contributed by atoms with van der Waals surface area (Å²) < 4.78 is 21.8. The zero-order valence-electron chi connectivity index (χ0n) is 20.1. The smallest absolute Gasteiger partial charge is 0.349 e. The molecule has 8 nitrogen and oxygen atoms in total. The number of hydrogen-bond acceptors (Lipinski definition) is 7. The number of benzene rings is 2. The Morgan fingerprint density at radius 3 is 2.50 bits per heavy atom. The predicted octanol–water partition coefficient (Wildman–Crippen LogP) is 5.16. The third kappa shape index (κ3) is 7.14. The Hall–Kier alpha value is -4.22. The number of halogens is 1. The van der Waals surface area contributed by atoms with Gasteiger partial charge >= 0.3 is 5.97 Å². The summed E-state index contributed by atoms with van der Waals surface area (Å²) in [6.45, 7) is 5.64. The van der Waals surface area contributed by atoms with Crippen LogP contribution in [-0.4, -0.2) is 25.1 Å². The standard InChI is InChI=1S/C27H25ClN2O6/c1-4-33-24-13-19(12-20(14-29)27(32)30-15-21-6-5-9-34-21)7-8-23(24)36-25(31)16-35-22-10-17(2)26(28)18(3)11-22/h5-13H,4,15-16H2,1-3H3,(H,30,32)/b20-12+. The second-order valence-corrected chi connectivity index (χ2v) is 8.08. The lowest BCUT2D eigenvalue weighted by Gasteiger charge is -2.13. The molecule has 0 bridgehead atoms. The molecule has 0 saturated heterocycles. The highest BCUT2D eigenvalue weighted by Crippen LogP contribution is 2.30. The van der Waals surface area contributed by atoms with Gasteiger partial charge < -0.3 is 23.9 Å². The van der Waals surface area contributed by atoms with E-state index in [-0.39, 0.29) is 30.2 Å². The quantitative estimate of drug-likeness (QED) is 0.174. The van der Waals surface area contributed by atoms with Crippen LogP contribution in [0.4, 0.5) is 0 Å². The fraction of sp³-hybridized carbons (Fsp3) is 0.222. The average Bonchev–Trinajstić information content (AvgIpc) is 3.38. The molecule has 0 atom stereocenters. The van der Waals surface area contributed by atoms with Gasteiger partial charge in [0, 0.05) is 5.02 Å². The molecule has 3 aromatic rings. The van der Waals surface area contributed by atoms with Gasteiger partial charge in [-0.3, -0.25) is 4.79 Å². The van der Waals surface area contributed by atoms with E-state index in [1.807, 2.05) is 19.9 Å². The first kappa shape index (κ1) is 26.4. The van der Waals surface area contributed by atoms with Crippen LogP contribution in [0.25, 0.3) is 6.08 Å². The molecule has 0 aliphatic rings. The second-order valence-electron chi connectivity index (χ2n) is 7.70. The van der Waals surface area contributed by atoms with E-state index >= 15 is 0 Å². The summed E-state index contributed by atoms with van der Waals surface area (Å²) in [5, 5.41) is 12.7. The summed E-state index contributed by atoms with van der Waals surface area (Å²) in [5.74, 6) is 0.367. The molecule has 0 fully saturated rings. The van der Waals surface area contributed by atoms with Crippen molar-refractivity contribution in [1.29, 1.82) is 5.26 Å². The molecule has 0 radical (unpaired) electrons. The minimum absolute atomic E-state index is 0.101. The first-order chi connectivity index (χ1) is 17.3. The van der Waals surface area contributed by atoms with Gasteiger partial charge in [0.15, 0.2) is 18.1 Å². The zero-order chi connectivity index (χ0) is 26.1. The molecule has 1 heterocycles. The van der Waals surface area contributed by atoms with Gasteiger partial charge in [-0.1, -0.05) is 17.7 Å². The molecule has 36 heavy (non-hydrogen) atoms. The fourth-order valence-corrected chi connectivity index (χ4v) is 3.35. The third-order valence-electron chi connectivity index (χ3n) is 4.94. The minimum Gasteiger partial charge on any atom is -0.490 e. The number of carbonyl (C=O) groups excluding carboxylic acids is 2. The van der Waals surface area contributed by atoms with Crippen molar-refractivity contribution in [3.63, 3.8) is 0 Å². The van der Waals surface area contributed by atoms with Crippen LogP contribution in [0.15, 0.2) is 58.7 Å². The maximum absolute atomic E-state index is 12.4. The molecule has 0 unspecified atom stereocenters. The van der Waals surface area contributed by atoms with Crippen molar-refractivity contribution in [3.05, 3.63) is 81.8 Å². The number of hydrogen-bond donors (Lipinski definition) is 1. The lowest BCUT2D eigenvalue weighted by Crippen LogP contribution is -2.23. The van der Waals surface area contributed by atoms with Crippen LogP contribution in [0.1, 0.15) is 29.4 Å². The van der Waals surface area contributed by atoms with Gasteiger partial charge in [-0.15, -0.1) is 0 Å². The Morgan fingerprint density at radius 2 is 1.86 bits per heavy atom. The van der Waals surface area contributed by atoms with Gasteiger partial charge in [0.25, 0.3) is 5.91 Å². The predicted molar refractivity (Wildman–Crippen MR) is 134 cm³/mol. The summed E-state index contributed by atoms with van der Waals surface area (Å²) in [5.41, 5.74) is 2.10. The number of carbonyl (C=O) groups is 2. The van der Waals surface area contributed by atoms with Crippen molar-refractivity contribution in [3.8, 4) is 23.3 Å². The van der Waals surface area contributed by atoms with Crippen molar-refractivity contribution < 1.29 is 28.2 Å². The maximum atomic E-state index is 12.4. The van der Waals surface area contributed by atoms with Crippen LogP contribution in [0, 0.1) is 25.2 Å². The molecule has 2 aromatic carbocycles. The summed E-state index contributed by atoms with van der Waals surface area (Å²) in [4.78, 5) is 24.8. The van der Waals surface area contributed by atoms with Crippen molar-refractivity contribution in [2.75, 3.05) is 13.2 Å². The molecular weight excluding hydrogens is 484 g/mol. The number of aryl methyl sites for hydroxylation is 2. The lowest BCUT2D eigenvalue weighted by atomic mass is 10.1. The summed E-state index contributed by atoms with van der Waals surface area (Å²) in [6.07, 6.45) is 2.91. The molecule has 0 aliphatic carbocycles. The largest absolute Gasteiger partial charge is 0.490 e. The maximum Gasteiger partial charge on any atom is 0.349 e. The van der Waals surface area contributed by atoms with Crippen molar-refractivity contribution in [2.24, 2.45) is 0 Å². The van der Waals surface area contributed by atoms with E-state index < -0.39 is 11.9 Å². The van der Waals surface area contributed by atoms with Crippen LogP contribution < -0.4 is 19.5 Å². The van der Waals surface area contributed by atoms with E-state index in [9.17, 15) is 14.9 Å². The number of furan rings is 1. The highest BCUT2D eigenvalue weighted by Gasteiger charge is 2.15. The van der Waals surface area contributed by atoms with Gasteiger partial charge in [-0.25, -0.2) is 4.79 Å². The van der Waals surface area contributed by atoms with Gasteiger partial charge in [-0.2, -0.15) is 5.26 Å². The normalized spacial score (nSPS) is 10.9. The molecule has 0 saturated carbocycles. The van der Waals surface area contributed by atoms with Crippen LogP contribution in [0.3, 0.4) is 0 Å². The number of nitrogens with one attached hydrogen (secondary N) is 1. The Morgan fingerprint density at radius 1 is 1.11 bits per heavy atom. The van der Waals surface area contributed by atoms with E-state index in [2.05, 4.69) is 5.32 Å². The summed E-state index contributed by atoms with van der Waals surface area (Å²) in [7, 11) is 0. The third-order valence-corrected chi connectivity index (χ3v) is 5.53. The van der Waals surface area contributed by atoms with Crippen molar-refractivity contribution in [1.82, 2.24) is 5.32 Å². The van der Waals surface area contributed by atoms with Crippen LogP contribution >= 0.6 is 11.6 Å². The van der Waals surface area contributed by atoms with Gasteiger partial charge in [0.1, 0.15) is 23.2 Å². The van der Waals surface area contributed by atoms with E-state index in [1.165, 1.54) is 18.4 Å². The zero-order valence-corrected chi connectivity index (χ0v) is 20.8. The van der Waals surface area contributed by atoms with E-state index in [0.29, 0.717) is 28.7 Å². The monoisotopic (exact) mass is 508 g/mol. The minimum atomic E-state index is -0.625.